The Hall–Kier alpha value is -3.71. The zero-order valence-electron chi connectivity index (χ0n) is 23.5. The number of hydrogen-bond acceptors (Lipinski definition) is 6. The number of amides is 1. The molecule has 1 aromatic heterocycles. The predicted molar refractivity (Wildman–Crippen MR) is 153 cm³/mol. The smallest absolute Gasteiger partial charge is 0.307 e. The van der Waals surface area contributed by atoms with E-state index in [1.807, 2.05) is 41.3 Å². The second-order valence-corrected chi connectivity index (χ2v) is 10.8. The maximum absolute atomic E-state index is 14.0. The van der Waals surface area contributed by atoms with Crippen LogP contribution in [0.3, 0.4) is 0 Å². The van der Waals surface area contributed by atoms with Crippen molar-refractivity contribution in [1.82, 2.24) is 10.3 Å². The van der Waals surface area contributed by atoms with Crippen LogP contribution in [0.5, 0.6) is 0 Å². The van der Waals surface area contributed by atoms with E-state index in [1.165, 1.54) is 7.11 Å². The molecule has 0 aliphatic carbocycles. The van der Waals surface area contributed by atoms with Crippen LogP contribution in [0.25, 0.3) is 11.1 Å². The Morgan fingerprint density at radius 1 is 1.10 bits per heavy atom. The van der Waals surface area contributed by atoms with Crippen molar-refractivity contribution >= 4 is 17.6 Å². The number of ether oxygens (including phenoxy) is 1. The largest absolute Gasteiger partial charge is 0.469 e. The highest BCUT2D eigenvalue weighted by Gasteiger charge is 2.36. The molecule has 4 rings (SSSR count). The minimum Gasteiger partial charge on any atom is -0.469 e. The van der Waals surface area contributed by atoms with Gasteiger partial charge in [-0.2, -0.15) is 0 Å². The van der Waals surface area contributed by atoms with Gasteiger partial charge in [0.25, 0.3) is 0 Å². The molecule has 3 atom stereocenters. The van der Waals surface area contributed by atoms with Gasteiger partial charge in [-0.3, -0.25) is 14.6 Å². The summed E-state index contributed by atoms with van der Waals surface area (Å²) in [4.78, 5) is 32.8. The number of para-hydroxylation sites is 1. The fraction of sp³-hybridized carbons (Fsp3) is 0.406. The van der Waals surface area contributed by atoms with Crippen molar-refractivity contribution in [3.63, 3.8) is 0 Å². The predicted octanol–water partition coefficient (Wildman–Crippen LogP) is 5.27. The van der Waals surface area contributed by atoms with Crippen LogP contribution in [0, 0.1) is 19.8 Å². The van der Waals surface area contributed by atoms with Crippen LogP contribution in [0.1, 0.15) is 61.4 Å². The van der Waals surface area contributed by atoms with E-state index in [0.717, 1.165) is 45.5 Å². The summed E-state index contributed by atoms with van der Waals surface area (Å²) in [6.07, 6.45) is 4.53. The lowest BCUT2D eigenvalue weighted by Crippen LogP contribution is -2.54. The first-order valence-electron chi connectivity index (χ1n) is 13.6. The number of carbonyl (C=O) groups excluding carboxylic acids is 2. The highest BCUT2D eigenvalue weighted by atomic mass is 16.5. The summed E-state index contributed by atoms with van der Waals surface area (Å²) in [5.41, 5.74) is 6.96. The fourth-order valence-corrected chi connectivity index (χ4v) is 5.55. The highest BCUT2D eigenvalue weighted by Crippen LogP contribution is 2.34. The summed E-state index contributed by atoms with van der Waals surface area (Å²) in [6.45, 7) is 8.24. The molecule has 0 radical (unpaired) electrons. The molecule has 1 aliphatic heterocycles. The molecule has 206 valence electrons. The zero-order chi connectivity index (χ0) is 28.1. The number of esters is 1. The third kappa shape index (κ3) is 6.48. The van der Waals surface area contributed by atoms with Crippen molar-refractivity contribution < 1.29 is 19.4 Å². The number of anilines is 1. The molecule has 3 aromatic rings. The summed E-state index contributed by atoms with van der Waals surface area (Å²) in [5.74, 6) is -0.470. The lowest BCUT2D eigenvalue weighted by atomic mass is 9.93. The molecular formula is C32H39N3O4. The molecule has 2 unspecified atom stereocenters. The van der Waals surface area contributed by atoms with Crippen molar-refractivity contribution in [3.05, 3.63) is 83.2 Å². The van der Waals surface area contributed by atoms with Crippen LogP contribution >= 0.6 is 0 Å². The van der Waals surface area contributed by atoms with Gasteiger partial charge in [0.15, 0.2) is 0 Å². The molecule has 7 nitrogen and oxygen atoms in total. The number of hydrogen-bond donors (Lipinski definition) is 2. The first kappa shape index (κ1) is 28.3. The van der Waals surface area contributed by atoms with Crippen LogP contribution in [0.15, 0.2) is 60.9 Å². The van der Waals surface area contributed by atoms with E-state index in [-0.39, 0.29) is 18.2 Å². The molecule has 2 aromatic carbocycles. The number of nitrogens with zero attached hydrogens (tertiary/aromatic N) is 2. The van der Waals surface area contributed by atoms with Gasteiger partial charge in [-0.05, 0) is 79.0 Å². The van der Waals surface area contributed by atoms with E-state index < -0.39 is 24.3 Å². The van der Waals surface area contributed by atoms with Gasteiger partial charge in [0.2, 0.25) is 5.91 Å². The van der Waals surface area contributed by atoms with Crippen LogP contribution in [0.4, 0.5) is 5.69 Å². The normalized spacial score (nSPS) is 16.4. The molecule has 0 spiro atoms. The second kappa shape index (κ2) is 12.4. The Balaban J connectivity index is 1.70. The minimum atomic E-state index is -0.775. The summed E-state index contributed by atoms with van der Waals surface area (Å²) >= 11 is 0. The Labute approximate surface area is 231 Å². The Bertz CT molecular complexity index is 1300. The molecule has 0 saturated carbocycles. The SMILES string of the molecule is COC(=O)C[C@H](NC(=O)C(CC(C)C)N1c2ccccc2CCC1O)c1cncc(-c2c(C)cccc2C)c1. The third-order valence-corrected chi connectivity index (χ3v) is 7.44. The summed E-state index contributed by atoms with van der Waals surface area (Å²) < 4.78 is 4.98. The maximum Gasteiger partial charge on any atom is 0.307 e. The number of pyridine rings is 1. The summed E-state index contributed by atoms with van der Waals surface area (Å²) in [5, 5.41) is 14.2. The van der Waals surface area contributed by atoms with E-state index in [4.69, 9.17) is 4.74 Å². The van der Waals surface area contributed by atoms with Gasteiger partial charge in [0.05, 0.1) is 19.6 Å². The van der Waals surface area contributed by atoms with Gasteiger partial charge in [-0.15, -0.1) is 0 Å². The Kier molecular flexibility index (Phi) is 9.02. The van der Waals surface area contributed by atoms with E-state index >= 15 is 0 Å². The first-order chi connectivity index (χ1) is 18.7. The molecule has 39 heavy (non-hydrogen) atoms. The van der Waals surface area contributed by atoms with Gasteiger partial charge in [-0.1, -0.05) is 50.2 Å². The van der Waals surface area contributed by atoms with Gasteiger partial charge in [-0.25, -0.2) is 0 Å². The van der Waals surface area contributed by atoms with E-state index in [1.54, 1.807) is 12.4 Å². The molecule has 1 aliphatic rings. The minimum absolute atomic E-state index is 0.0341. The standard InChI is InChI=1S/C32H39N3O4/c1-20(2)15-28(35-27-12-7-6-11-23(27)13-14-29(35)36)32(38)34-26(17-30(37)39-5)24-16-25(19-33-18-24)31-21(3)9-8-10-22(31)4/h6-12,16,18-20,26,28-29,36H,13-15,17H2,1-5H3,(H,34,38)/t26-,28?,29?/m0/s1. The number of fused-ring (bicyclic) bond motifs is 1. The quantitative estimate of drug-likeness (QED) is 0.367. The molecule has 7 heteroatoms. The average molecular weight is 530 g/mol. The molecule has 1 amide bonds. The summed E-state index contributed by atoms with van der Waals surface area (Å²) in [7, 11) is 1.34. The highest BCUT2D eigenvalue weighted by molar-refractivity contribution is 5.87. The van der Waals surface area contributed by atoms with Crippen LogP contribution in [0.2, 0.25) is 0 Å². The molecule has 0 saturated heterocycles. The fourth-order valence-electron chi connectivity index (χ4n) is 5.55. The molecule has 0 bridgehead atoms. The molecular weight excluding hydrogens is 490 g/mol. The van der Waals surface area contributed by atoms with Crippen molar-refractivity contribution in [1.29, 1.82) is 0 Å². The zero-order valence-corrected chi connectivity index (χ0v) is 23.5. The number of benzene rings is 2. The lowest BCUT2D eigenvalue weighted by Gasteiger charge is -2.41. The van der Waals surface area contributed by atoms with Gasteiger partial charge >= 0.3 is 5.97 Å². The average Bonchev–Trinajstić information content (AvgIpc) is 2.91. The Morgan fingerprint density at radius 2 is 1.82 bits per heavy atom. The van der Waals surface area contributed by atoms with E-state index in [2.05, 4.69) is 50.1 Å². The van der Waals surface area contributed by atoms with Crippen LogP contribution < -0.4 is 10.2 Å². The second-order valence-electron chi connectivity index (χ2n) is 10.8. The van der Waals surface area contributed by atoms with Crippen molar-refractivity contribution in [2.24, 2.45) is 5.92 Å². The van der Waals surface area contributed by atoms with E-state index in [0.29, 0.717) is 12.8 Å². The van der Waals surface area contributed by atoms with Crippen LogP contribution in [-0.2, 0) is 20.7 Å². The number of aliphatic hydroxyl groups excluding tert-OH is 1. The van der Waals surface area contributed by atoms with Gasteiger partial charge in [0, 0.05) is 23.6 Å². The first-order valence-corrected chi connectivity index (χ1v) is 13.6. The number of rotatable bonds is 9. The van der Waals surface area contributed by atoms with Gasteiger partial charge < -0.3 is 20.1 Å². The number of aryl methyl sites for hydroxylation is 3. The van der Waals surface area contributed by atoms with Crippen molar-refractivity contribution in [3.8, 4) is 11.1 Å². The lowest BCUT2D eigenvalue weighted by molar-refractivity contribution is -0.141. The van der Waals surface area contributed by atoms with Gasteiger partial charge in [0.1, 0.15) is 12.3 Å². The topological polar surface area (TPSA) is 91.8 Å². The molecule has 2 N–H and O–H groups in total. The number of nitrogens with one attached hydrogen (secondary N) is 1. The third-order valence-electron chi connectivity index (χ3n) is 7.44. The number of aliphatic hydroxyl groups is 1. The van der Waals surface area contributed by atoms with Crippen molar-refractivity contribution in [2.45, 2.75) is 71.7 Å². The molecule has 2 heterocycles. The number of methoxy groups -OCH3 is 1. The maximum atomic E-state index is 14.0. The summed E-state index contributed by atoms with van der Waals surface area (Å²) in [6, 6.07) is 14.8. The molecule has 0 fully saturated rings. The Morgan fingerprint density at radius 3 is 2.51 bits per heavy atom. The van der Waals surface area contributed by atoms with Crippen LogP contribution in [-0.4, -0.2) is 41.3 Å². The monoisotopic (exact) mass is 529 g/mol. The number of carbonyl (C=O) groups is 2. The van der Waals surface area contributed by atoms with Crippen molar-refractivity contribution in [2.75, 3.05) is 12.0 Å². The van der Waals surface area contributed by atoms with E-state index in [9.17, 15) is 14.7 Å². The number of aromatic nitrogens is 1.